The highest BCUT2D eigenvalue weighted by molar-refractivity contribution is 5.96. The van der Waals surface area contributed by atoms with Gasteiger partial charge in [-0.15, -0.1) is 0 Å². The second-order valence-electron chi connectivity index (χ2n) is 13.2. The number of methoxy groups -OCH3 is 3. The van der Waals surface area contributed by atoms with Gasteiger partial charge in [0.15, 0.2) is 11.5 Å². The molecule has 2 fully saturated rings. The van der Waals surface area contributed by atoms with Crippen molar-refractivity contribution < 1.29 is 36.9 Å². The second kappa shape index (κ2) is 15.8. The topological polar surface area (TPSA) is 103 Å². The smallest absolute Gasteiger partial charge is 0.411 e. The number of rotatable bonds is 14. The number of ether oxygens (including phenoxy) is 4. The molecule has 0 spiro atoms. The van der Waals surface area contributed by atoms with Gasteiger partial charge in [-0.2, -0.15) is 13.2 Å². The lowest BCUT2D eigenvalue weighted by atomic mass is 9.77. The number of hydrogen-bond acceptors (Lipinski definition) is 9. The minimum absolute atomic E-state index is 0.0717. The lowest BCUT2D eigenvalue weighted by Crippen LogP contribution is -2.42. The first kappa shape index (κ1) is 36.2. The van der Waals surface area contributed by atoms with E-state index in [0.717, 1.165) is 56.4 Å². The first-order valence-corrected chi connectivity index (χ1v) is 17.2. The summed E-state index contributed by atoms with van der Waals surface area (Å²) < 4.78 is 61.2. The molecule has 274 valence electrons. The molecule has 1 atom stereocenters. The van der Waals surface area contributed by atoms with Crippen molar-refractivity contribution in [3.8, 4) is 17.2 Å². The zero-order chi connectivity index (χ0) is 36.0. The summed E-state index contributed by atoms with van der Waals surface area (Å²) in [5.74, 6) is 1.87. The lowest BCUT2D eigenvalue weighted by Gasteiger charge is -2.36. The van der Waals surface area contributed by atoms with Crippen molar-refractivity contribution in [2.24, 2.45) is 0 Å². The third-order valence-corrected chi connectivity index (χ3v) is 10.1. The number of aromatic nitrogens is 3. The molecular formula is C37H45F3N6O5. The summed E-state index contributed by atoms with van der Waals surface area (Å²) in [6.45, 7) is 2.74. The Labute approximate surface area is 295 Å². The average molecular weight is 711 g/mol. The normalized spacial score (nSPS) is 18.7. The summed E-state index contributed by atoms with van der Waals surface area (Å²) in [6, 6.07) is 15.3. The number of nitrogens with zero attached hydrogens (tertiary/aromatic N) is 5. The van der Waals surface area contributed by atoms with Crippen molar-refractivity contribution in [1.29, 1.82) is 0 Å². The van der Waals surface area contributed by atoms with Gasteiger partial charge in [0.25, 0.3) is 5.91 Å². The molecule has 2 saturated heterocycles. The van der Waals surface area contributed by atoms with Gasteiger partial charge in [0.05, 0.1) is 39.0 Å². The number of benzene rings is 2. The van der Waals surface area contributed by atoms with Crippen LogP contribution in [0.15, 0.2) is 60.9 Å². The minimum Gasteiger partial charge on any atom is -0.493 e. The number of anilines is 1. The molecule has 0 radical (unpaired) electrons. The third-order valence-electron chi connectivity index (χ3n) is 10.1. The molecule has 11 nitrogen and oxygen atoms in total. The number of alkyl halides is 3. The van der Waals surface area contributed by atoms with Gasteiger partial charge in [-0.3, -0.25) is 9.78 Å². The Balaban J connectivity index is 1.09. The first-order valence-electron chi connectivity index (χ1n) is 17.2. The number of fused-ring (bicyclic) bond motifs is 1. The van der Waals surface area contributed by atoms with Gasteiger partial charge in [0, 0.05) is 62.1 Å². The number of amides is 1. The number of imidazole rings is 1. The van der Waals surface area contributed by atoms with E-state index in [2.05, 4.69) is 27.3 Å². The lowest BCUT2D eigenvalue weighted by molar-refractivity contribution is -0.174. The molecule has 1 amide bonds. The van der Waals surface area contributed by atoms with Crippen molar-refractivity contribution in [2.45, 2.75) is 49.9 Å². The quantitative estimate of drug-likeness (QED) is 0.163. The van der Waals surface area contributed by atoms with E-state index < -0.39 is 12.8 Å². The van der Waals surface area contributed by atoms with Crippen LogP contribution in [0.2, 0.25) is 0 Å². The highest BCUT2D eigenvalue weighted by Crippen LogP contribution is 2.41. The summed E-state index contributed by atoms with van der Waals surface area (Å²) in [5, 5.41) is 3.58. The van der Waals surface area contributed by atoms with Crippen LogP contribution >= 0.6 is 0 Å². The molecule has 2 aliphatic rings. The molecule has 6 rings (SSSR count). The van der Waals surface area contributed by atoms with E-state index in [1.54, 1.807) is 12.1 Å². The van der Waals surface area contributed by atoms with Gasteiger partial charge < -0.3 is 38.6 Å². The van der Waals surface area contributed by atoms with Crippen LogP contribution in [0.5, 0.6) is 17.2 Å². The van der Waals surface area contributed by atoms with Crippen LogP contribution in [0, 0.1) is 0 Å². The van der Waals surface area contributed by atoms with Gasteiger partial charge in [-0.05, 0) is 74.2 Å². The zero-order valence-electron chi connectivity index (χ0n) is 29.2. The Kier molecular flexibility index (Phi) is 11.2. The maximum absolute atomic E-state index is 13.9. The van der Waals surface area contributed by atoms with Gasteiger partial charge in [-0.1, -0.05) is 12.1 Å². The monoisotopic (exact) mass is 710 g/mol. The number of piperidine rings is 1. The van der Waals surface area contributed by atoms with Crippen molar-refractivity contribution >= 4 is 22.9 Å². The molecule has 14 heteroatoms. The summed E-state index contributed by atoms with van der Waals surface area (Å²) in [6.07, 6.45) is 2.75. The molecule has 2 aromatic carbocycles. The van der Waals surface area contributed by atoms with E-state index in [1.807, 2.05) is 46.1 Å². The molecule has 1 N–H and O–H groups in total. The molecular weight excluding hydrogens is 665 g/mol. The van der Waals surface area contributed by atoms with Crippen molar-refractivity contribution in [3.63, 3.8) is 0 Å². The standard InChI is InChI=1S/C37H45F3N6O5/c1-48-31-22-26(23-32(49-2)33(31)50-3)34(47)45-19-13-36(24-45,27-8-14-41-15-9-27)12-18-44-16-10-28(11-17-44)42-35-43-29-6-4-5-7-30(29)46(35)20-21-51-25-37(38,39)40/h4-9,14-15,22-23,28H,10-13,16-21,24-25H2,1-3H3,(H,42,43). The molecule has 0 saturated carbocycles. The summed E-state index contributed by atoms with van der Waals surface area (Å²) >= 11 is 0. The van der Waals surface area contributed by atoms with Gasteiger partial charge in [-0.25, -0.2) is 4.98 Å². The number of likely N-dealkylation sites (tertiary alicyclic amines) is 2. The Morgan fingerprint density at radius 2 is 1.67 bits per heavy atom. The number of nitrogens with one attached hydrogen (secondary N) is 1. The van der Waals surface area contributed by atoms with Crippen molar-refractivity contribution in [2.75, 3.05) is 72.6 Å². The van der Waals surface area contributed by atoms with Crippen LogP contribution in [0.25, 0.3) is 11.0 Å². The van der Waals surface area contributed by atoms with E-state index in [1.165, 1.54) is 26.9 Å². The van der Waals surface area contributed by atoms with E-state index >= 15 is 0 Å². The predicted octanol–water partition coefficient (Wildman–Crippen LogP) is 5.79. The number of halogens is 3. The maximum Gasteiger partial charge on any atom is 0.411 e. The highest BCUT2D eigenvalue weighted by atomic mass is 19.4. The summed E-state index contributed by atoms with van der Waals surface area (Å²) in [7, 11) is 4.60. The molecule has 0 aliphatic carbocycles. The van der Waals surface area contributed by atoms with Gasteiger partial charge in [0.2, 0.25) is 11.7 Å². The van der Waals surface area contributed by atoms with E-state index in [0.29, 0.717) is 41.8 Å². The van der Waals surface area contributed by atoms with E-state index in [-0.39, 0.29) is 30.5 Å². The van der Waals surface area contributed by atoms with Gasteiger partial charge in [0.1, 0.15) is 6.61 Å². The molecule has 4 aromatic rings. The molecule has 51 heavy (non-hydrogen) atoms. The number of hydrogen-bond donors (Lipinski definition) is 1. The van der Waals surface area contributed by atoms with Crippen molar-refractivity contribution in [3.05, 3.63) is 72.1 Å². The number of carbonyl (C=O) groups excluding carboxylic acids is 1. The molecule has 2 aromatic heterocycles. The van der Waals surface area contributed by atoms with Crippen LogP contribution in [-0.4, -0.2) is 110 Å². The average Bonchev–Trinajstić information content (AvgIpc) is 3.74. The van der Waals surface area contributed by atoms with Crippen LogP contribution in [-0.2, 0) is 16.7 Å². The molecule has 1 unspecified atom stereocenters. The second-order valence-corrected chi connectivity index (χ2v) is 13.2. The number of carbonyl (C=O) groups is 1. The van der Waals surface area contributed by atoms with Crippen LogP contribution < -0.4 is 19.5 Å². The van der Waals surface area contributed by atoms with Crippen molar-refractivity contribution in [1.82, 2.24) is 24.3 Å². The highest BCUT2D eigenvalue weighted by Gasteiger charge is 2.42. The van der Waals surface area contributed by atoms with Crippen LogP contribution in [0.3, 0.4) is 0 Å². The predicted molar refractivity (Wildman–Crippen MR) is 187 cm³/mol. The third kappa shape index (κ3) is 8.33. The Hall–Kier alpha value is -4.56. The molecule has 4 heterocycles. The van der Waals surface area contributed by atoms with E-state index in [9.17, 15) is 18.0 Å². The fourth-order valence-electron chi connectivity index (χ4n) is 7.33. The van der Waals surface area contributed by atoms with E-state index in [4.69, 9.17) is 23.9 Å². The zero-order valence-corrected chi connectivity index (χ0v) is 29.2. The van der Waals surface area contributed by atoms with Gasteiger partial charge >= 0.3 is 6.18 Å². The number of pyridine rings is 1. The Morgan fingerprint density at radius 3 is 2.33 bits per heavy atom. The van der Waals surface area contributed by atoms with Crippen LogP contribution in [0.4, 0.5) is 19.1 Å². The summed E-state index contributed by atoms with van der Waals surface area (Å²) in [5.41, 5.74) is 3.06. The SMILES string of the molecule is COc1cc(C(=O)N2CCC(CCN3CCC(Nc4nc5ccccc5n4CCOCC(F)(F)F)CC3)(c3ccncc3)C2)cc(OC)c1OC. The largest absolute Gasteiger partial charge is 0.493 e. The summed E-state index contributed by atoms with van der Waals surface area (Å²) in [4.78, 5) is 27.3. The Bertz CT molecular complexity index is 1750. The number of para-hydroxylation sites is 2. The fourth-order valence-corrected chi connectivity index (χ4v) is 7.33. The maximum atomic E-state index is 13.9. The fraction of sp³-hybridized carbons (Fsp3) is 0.486. The molecule has 2 aliphatic heterocycles. The Morgan fingerprint density at radius 1 is 0.961 bits per heavy atom. The van der Waals surface area contributed by atoms with Crippen LogP contribution in [0.1, 0.15) is 41.6 Å². The first-order chi connectivity index (χ1) is 24.6. The molecule has 0 bridgehead atoms. The minimum atomic E-state index is -4.36.